The van der Waals surface area contributed by atoms with E-state index in [4.69, 9.17) is 11.8 Å². The highest BCUT2D eigenvalue weighted by atomic mass is 19.4. The van der Waals surface area contributed by atoms with Gasteiger partial charge in [0.1, 0.15) is 0 Å². The average Bonchev–Trinajstić information content (AvgIpc) is 2.16. The maximum atomic E-state index is 12.3. The molecule has 0 unspecified atom stereocenters. The summed E-state index contributed by atoms with van der Waals surface area (Å²) in [6.07, 6.45) is -4.53. The lowest BCUT2D eigenvalue weighted by atomic mass is 10.0. The van der Waals surface area contributed by atoms with Gasteiger partial charge in [0.25, 0.3) is 0 Å². The van der Waals surface area contributed by atoms with E-state index < -0.39 is 17.3 Å². The Kier molecular flexibility index (Phi) is 2.96. The van der Waals surface area contributed by atoms with Crippen LogP contribution in [0.2, 0.25) is 0 Å². The predicted octanol–water partition coefficient (Wildman–Crippen LogP) is 3.00. The highest BCUT2D eigenvalue weighted by molar-refractivity contribution is 5.42. The Labute approximate surface area is 84.4 Å². The maximum absolute atomic E-state index is 12.3. The van der Waals surface area contributed by atoms with Crippen LogP contribution >= 0.6 is 0 Å². The first-order chi connectivity index (χ1) is 6.99. The van der Waals surface area contributed by atoms with Gasteiger partial charge >= 0.3 is 6.18 Å². The van der Waals surface area contributed by atoms with Gasteiger partial charge in [-0.3, -0.25) is 0 Å². The molecule has 1 aromatic carbocycles. The molecule has 76 valence electrons. The van der Waals surface area contributed by atoms with Gasteiger partial charge in [-0.25, -0.2) is 6.57 Å². The minimum Gasteiger partial charge on any atom is -0.312 e. The fraction of sp³-hybridized carbons (Fsp3) is 0.200. The normalized spacial score (nSPS) is 10.5. The van der Waals surface area contributed by atoms with Crippen molar-refractivity contribution >= 4 is 0 Å². The molecule has 0 saturated carbocycles. The quantitative estimate of drug-likeness (QED) is 0.655. The van der Waals surface area contributed by atoms with Gasteiger partial charge < -0.3 is 4.85 Å². The van der Waals surface area contributed by atoms with Crippen molar-refractivity contribution in [3.05, 3.63) is 46.3 Å². The summed E-state index contributed by atoms with van der Waals surface area (Å²) in [7, 11) is 0. The van der Waals surface area contributed by atoms with Crippen LogP contribution in [0.1, 0.15) is 16.7 Å². The summed E-state index contributed by atoms with van der Waals surface area (Å²) < 4.78 is 37.0. The molecule has 5 heteroatoms. The zero-order chi connectivity index (χ0) is 11.5. The van der Waals surface area contributed by atoms with E-state index in [1.807, 2.05) is 0 Å². The van der Waals surface area contributed by atoms with Gasteiger partial charge in [0.05, 0.1) is 17.2 Å². The SMILES string of the molecule is [C-]#[N+]Cc1ccc(C(F)(F)F)c(C#N)c1. The van der Waals surface area contributed by atoms with E-state index in [9.17, 15) is 13.2 Å². The van der Waals surface area contributed by atoms with E-state index >= 15 is 0 Å². The van der Waals surface area contributed by atoms with Crippen molar-refractivity contribution in [3.63, 3.8) is 0 Å². The number of nitriles is 1. The molecule has 0 heterocycles. The summed E-state index contributed by atoms with van der Waals surface area (Å²) in [4.78, 5) is 3.03. The Morgan fingerprint density at radius 3 is 2.53 bits per heavy atom. The van der Waals surface area contributed by atoms with E-state index in [0.717, 1.165) is 12.1 Å². The van der Waals surface area contributed by atoms with Crippen LogP contribution < -0.4 is 0 Å². The van der Waals surface area contributed by atoms with Gasteiger partial charge in [-0.2, -0.15) is 18.4 Å². The van der Waals surface area contributed by atoms with Gasteiger partial charge in [0, 0.05) is 5.56 Å². The molecule has 0 bridgehead atoms. The summed E-state index contributed by atoms with van der Waals surface area (Å²) in [5.74, 6) is 0. The zero-order valence-corrected chi connectivity index (χ0v) is 7.47. The lowest BCUT2D eigenvalue weighted by Crippen LogP contribution is -2.07. The van der Waals surface area contributed by atoms with E-state index in [-0.39, 0.29) is 6.54 Å². The minimum atomic E-state index is -4.53. The maximum Gasteiger partial charge on any atom is 0.417 e. The highest BCUT2D eigenvalue weighted by Gasteiger charge is 2.33. The number of benzene rings is 1. The molecule has 0 radical (unpaired) electrons. The van der Waals surface area contributed by atoms with Gasteiger partial charge in [0.2, 0.25) is 6.54 Å². The van der Waals surface area contributed by atoms with Crippen molar-refractivity contribution in [3.8, 4) is 6.07 Å². The second kappa shape index (κ2) is 4.02. The topological polar surface area (TPSA) is 28.1 Å². The van der Waals surface area contributed by atoms with Gasteiger partial charge in [-0.05, 0) is 12.1 Å². The third-order valence-corrected chi connectivity index (χ3v) is 1.77. The summed E-state index contributed by atoms with van der Waals surface area (Å²) >= 11 is 0. The molecule has 0 saturated heterocycles. The Hall–Kier alpha value is -2.01. The Morgan fingerprint density at radius 1 is 1.40 bits per heavy atom. The Morgan fingerprint density at radius 2 is 2.07 bits per heavy atom. The molecule has 0 amide bonds. The van der Waals surface area contributed by atoms with Crippen LogP contribution in [0, 0.1) is 17.9 Å². The molecule has 1 rings (SSSR count). The molecule has 0 N–H and O–H groups in total. The molecule has 0 aliphatic carbocycles. The van der Waals surface area contributed by atoms with Crippen molar-refractivity contribution < 1.29 is 13.2 Å². The van der Waals surface area contributed by atoms with E-state index in [1.165, 1.54) is 12.1 Å². The van der Waals surface area contributed by atoms with Crippen molar-refractivity contribution in [2.45, 2.75) is 12.7 Å². The van der Waals surface area contributed by atoms with Crippen molar-refractivity contribution in [1.82, 2.24) is 0 Å². The van der Waals surface area contributed by atoms with Crippen molar-refractivity contribution in [2.24, 2.45) is 0 Å². The molecule has 0 spiro atoms. The Balaban J connectivity index is 3.24. The summed E-state index contributed by atoms with van der Waals surface area (Å²) in [6.45, 7) is 6.54. The van der Waals surface area contributed by atoms with Crippen molar-refractivity contribution in [1.29, 1.82) is 5.26 Å². The van der Waals surface area contributed by atoms with Crippen LogP contribution in [-0.4, -0.2) is 0 Å². The number of nitrogens with zero attached hydrogens (tertiary/aromatic N) is 2. The number of hydrogen-bond acceptors (Lipinski definition) is 1. The van der Waals surface area contributed by atoms with Crippen LogP contribution in [-0.2, 0) is 12.7 Å². The van der Waals surface area contributed by atoms with Crippen LogP contribution in [0.25, 0.3) is 4.85 Å². The van der Waals surface area contributed by atoms with E-state index in [0.29, 0.717) is 5.56 Å². The number of alkyl halides is 3. The number of rotatable bonds is 1. The highest BCUT2D eigenvalue weighted by Crippen LogP contribution is 2.32. The third-order valence-electron chi connectivity index (χ3n) is 1.77. The largest absolute Gasteiger partial charge is 0.417 e. The van der Waals surface area contributed by atoms with Gasteiger partial charge in [-0.1, -0.05) is 6.07 Å². The first kappa shape index (κ1) is 11.1. The average molecular weight is 210 g/mol. The molecule has 0 aromatic heterocycles. The molecule has 0 aliphatic rings. The zero-order valence-electron chi connectivity index (χ0n) is 7.47. The second-order valence-corrected chi connectivity index (χ2v) is 2.81. The molecule has 15 heavy (non-hydrogen) atoms. The minimum absolute atomic E-state index is 0.0210. The van der Waals surface area contributed by atoms with Crippen LogP contribution in [0.5, 0.6) is 0 Å². The summed E-state index contributed by atoms with van der Waals surface area (Å²) in [6, 6.07) is 4.62. The lowest BCUT2D eigenvalue weighted by molar-refractivity contribution is -0.137. The first-order valence-corrected chi connectivity index (χ1v) is 3.92. The monoisotopic (exact) mass is 210 g/mol. The molecule has 0 atom stereocenters. The van der Waals surface area contributed by atoms with Crippen LogP contribution in [0.3, 0.4) is 0 Å². The van der Waals surface area contributed by atoms with Gasteiger partial charge in [-0.15, -0.1) is 0 Å². The van der Waals surface area contributed by atoms with E-state index in [1.54, 1.807) is 0 Å². The summed E-state index contributed by atoms with van der Waals surface area (Å²) in [5.41, 5.74) is -0.989. The third kappa shape index (κ3) is 2.47. The molecule has 2 nitrogen and oxygen atoms in total. The number of halogens is 3. The molecule has 0 aliphatic heterocycles. The molecular weight excluding hydrogens is 205 g/mol. The fourth-order valence-electron chi connectivity index (χ4n) is 1.12. The second-order valence-electron chi connectivity index (χ2n) is 2.81. The molecular formula is C10H5F3N2. The van der Waals surface area contributed by atoms with Crippen molar-refractivity contribution in [2.75, 3.05) is 0 Å². The standard InChI is InChI=1S/C10H5F3N2/c1-15-6-7-2-3-9(10(11,12)13)8(4-7)5-14/h2-4H,6H2. The molecule has 1 aromatic rings. The lowest BCUT2D eigenvalue weighted by Gasteiger charge is -2.08. The Bertz CT molecular complexity index is 449. The summed E-state index contributed by atoms with van der Waals surface area (Å²) in [5, 5.41) is 8.55. The molecule has 0 fully saturated rings. The number of hydrogen-bond donors (Lipinski definition) is 0. The fourth-order valence-corrected chi connectivity index (χ4v) is 1.12. The smallest absolute Gasteiger partial charge is 0.312 e. The van der Waals surface area contributed by atoms with E-state index in [2.05, 4.69) is 4.85 Å². The van der Waals surface area contributed by atoms with Crippen LogP contribution in [0.4, 0.5) is 13.2 Å². The van der Waals surface area contributed by atoms with Crippen LogP contribution in [0.15, 0.2) is 18.2 Å². The predicted molar refractivity (Wildman–Crippen MR) is 46.5 cm³/mol. The van der Waals surface area contributed by atoms with Gasteiger partial charge in [0.15, 0.2) is 0 Å². The first-order valence-electron chi connectivity index (χ1n) is 3.92.